The molecule has 2 aromatic carbocycles. The number of hydrogen-bond donors (Lipinski definition) is 7. The maximum atomic E-state index is 14.1. The lowest BCUT2D eigenvalue weighted by Crippen LogP contribution is -2.60. The van der Waals surface area contributed by atoms with Crippen LogP contribution in [0.2, 0.25) is 0 Å². The Morgan fingerprint density at radius 3 is 2.35 bits per heavy atom. The highest BCUT2D eigenvalue weighted by Gasteiger charge is 2.53. The lowest BCUT2D eigenvalue weighted by Gasteiger charge is -2.47. The zero-order valence-electron chi connectivity index (χ0n) is 30.0. The van der Waals surface area contributed by atoms with Gasteiger partial charge in [0.1, 0.15) is 28.5 Å². The summed E-state index contributed by atoms with van der Waals surface area (Å²) in [6.45, 7) is 3.18. The summed E-state index contributed by atoms with van der Waals surface area (Å²) in [6, 6.07) is 3.59. The predicted octanol–water partition coefficient (Wildman–Crippen LogP) is -0.174. The van der Waals surface area contributed by atoms with Crippen molar-refractivity contribution in [1.29, 1.82) is 0 Å². The van der Waals surface area contributed by atoms with Gasteiger partial charge in [-0.3, -0.25) is 28.9 Å². The average Bonchev–Trinajstić information content (AvgIpc) is 3.44. The van der Waals surface area contributed by atoms with E-state index in [0.717, 1.165) is 17.1 Å². The largest absolute Gasteiger partial charge is 0.507 e. The molecule has 288 valence electrons. The molecule has 4 aliphatic rings. The van der Waals surface area contributed by atoms with Gasteiger partial charge in [0, 0.05) is 66.1 Å². The Kier molecular flexibility index (Phi) is 10.0. The van der Waals surface area contributed by atoms with E-state index in [1.807, 2.05) is 0 Å². The second-order valence-electron chi connectivity index (χ2n) is 14.5. The van der Waals surface area contributed by atoms with Gasteiger partial charge in [-0.25, -0.2) is 5.43 Å². The second-order valence-corrected chi connectivity index (χ2v) is 14.5. The molecule has 0 aromatic heterocycles. The van der Waals surface area contributed by atoms with Crippen LogP contribution in [0.4, 0.5) is 0 Å². The van der Waals surface area contributed by atoms with Gasteiger partial charge < -0.3 is 45.5 Å². The summed E-state index contributed by atoms with van der Waals surface area (Å²) in [6.07, 6.45) is -0.837. The minimum atomic E-state index is -2.18. The number of phenolic OH excluding ortho intramolecular Hbond substituents is 2. The van der Waals surface area contributed by atoms with E-state index in [2.05, 4.69) is 10.5 Å². The summed E-state index contributed by atoms with van der Waals surface area (Å²) in [5, 5.41) is 61.4. The van der Waals surface area contributed by atoms with E-state index in [1.54, 1.807) is 13.8 Å². The number of nitrogens with one attached hydrogen (secondary N) is 1. The molecule has 3 amide bonds. The van der Waals surface area contributed by atoms with Gasteiger partial charge in [-0.05, 0) is 26.3 Å². The number of methoxy groups -OCH3 is 1. The van der Waals surface area contributed by atoms with E-state index in [9.17, 15) is 49.5 Å². The summed E-state index contributed by atoms with van der Waals surface area (Å²) in [4.78, 5) is 65.3. The van der Waals surface area contributed by atoms with Crippen LogP contribution in [0.25, 0.3) is 0 Å². The number of nitrogens with two attached hydrogens (primary N) is 1. The van der Waals surface area contributed by atoms with Gasteiger partial charge in [-0.15, -0.1) is 0 Å². The number of benzene rings is 2. The molecule has 0 bridgehead atoms. The fraction of sp³-hybridized carbons (Fsp3) is 0.459. The van der Waals surface area contributed by atoms with Gasteiger partial charge in [0.2, 0.25) is 11.7 Å². The third-order valence-electron chi connectivity index (χ3n) is 10.9. The highest BCUT2D eigenvalue weighted by molar-refractivity contribution is 6.31. The Hall–Kier alpha value is -5.04. The van der Waals surface area contributed by atoms with Gasteiger partial charge >= 0.3 is 0 Å². The molecule has 0 saturated carbocycles. The molecule has 6 atom stereocenters. The zero-order chi connectivity index (χ0) is 39.5. The summed E-state index contributed by atoms with van der Waals surface area (Å²) >= 11 is 0. The predicted molar refractivity (Wildman–Crippen MR) is 187 cm³/mol. The number of hydrazone groups is 1. The Morgan fingerprint density at radius 1 is 1.06 bits per heavy atom. The Morgan fingerprint density at radius 2 is 1.72 bits per heavy atom. The number of ether oxygens (including phenoxy) is 3. The number of carbonyl (C=O) groups is 5. The van der Waals surface area contributed by atoms with Crippen LogP contribution in [0.5, 0.6) is 17.2 Å². The first-order valence-corrected chi connectivity index (χ1v) is 17.2. The average molecular weight is 751 g/mol. The smallest absolute Gasteiger partial charge is 0.253 e. The van der Waals surface area contributed by atoms with E-state index in [0.29, 0.717) is 0 Å². The van der Waals surface area contributed by atoms with Crippen molar-refractivity contribution in [2.75, 3.05) is 26.9 Å². The van der Waals surface area contributed by atoms with Crippen molar-refractivity contribution in [3.05, 3.63) is 63.7 Å². The van der Waals surface area contributed by atoms with Gasteiger partial charge in [-0.2, -0.15) is 5.10 Å². The molecule has 1 unspecified atom stereocenters. The van der Waals surface area contributed by atoms with Gasteiger partial charge in [0.25, 0.3) is 11.8 Å². The molecule has 6 rings (SSSR count). The molecule has 0 spiro atoms. The Labute approximate surface area is 309 Å². The number of aromatic hydroxyl groups is 2. The first-order chi connectivity index (χ1) is 25.4. The van der Waals surface area contributed by atoms with Crippen LogP contribution in [0.15, 0.2) is 35.5 Å². The van der Waals surface area contributed by atoms with Crippen molar-refractivity contribution in [1.82, 2.24) is 10.3 Å². The van der Waals surface area contributed by atoms with Gasteiger partial charge in [0.05, 0.1) is 48.8 Å². The van der Waals surface area contributed by atoms with E-state index in [1.165, 1.54) is 32.2 Å². The summed E-state index contributed by atoms with van der Waals surface area (Å²) in [5.74, 6) is -4.79. The molecular weight excluding hydrogens is 708 g/mol. The zero-order valence-corrected chi connectivity index (χ0v) is 30.0. The van der Waals surface area contributed by atoms with Crippen molar-refractivity contribution >= 4 is 35.0 Å². The van der Waals surface area contributed by atoms with Crippen molar-refractivity contribution < 1.29 is 63.7 Å². The SMILES string of the molecule is COc1cccc2c1C(=O)c1c(O)c3c(c(O)c1C2=O)C[C@@](O)(/C(CO)=N/NC(=O)CCN1C(=O)C=CC1=O)C[C@]3(C)COC1C[C@H](N)[C@](C)(O)[C@H](C)O1. The molecule has 54 heavy (non-hydrogen) atoms. The lowest BCUT2D eigenvalue weighted by atomic mass is 9.62. The van der Waals surface area contributed by atoms with Crippen molar-refractivity contribution in [2.45, 2.75) is 81.5 Å². The number of fused-ring (bicyclic) bond motifs is 3. The first-order valence-electron chi connectivity index (χ1n) is 17.2. The number of imide groups is 1. The highest BCUT2D eigenvalue weighted by atomic mass is 16.7. The van der Waals surface area contributed by atoms with E-state index >= 15 is 0 Å². The number of nitrogens with zero attached hydrogens (tertiary/aromatic N) is 2. The lowest BCUT2D eigenvalue weighted by molar-refractivity contribution is -0.254. The molecule has 1 saturated heterocycles. The van der Waals surface area contributed by atoms with Crippen LogP contribution in [-0.2, 0) is 35.7 Å². The van der Waals surface area contributed by atoms with Crippen LogP contribution in [0, 0.1) is 0 Å². The highest BCUT2D eigenvalue weighted by Crippen LogP contribution is 2.54. The van der Waals surface area contributed by atoms with Crippen molar-refractivity contribution in [3.63, 3.8) is 0 Å². The molecule has 2 aliphatic carbocycles. The third-order valence-corrected chi connectivity index (χ3v) is 10.9. The summed E-state index contributed by atoms with van der Waals surface area (Å²) in [7, 11) is 1.32. The van der Waals surface area contributed by atoms with Crippen LogP contribution in [0.1, 0.15) is 83.0 Å². The molecule has 1 fully saturated rings. The number of amides is 3. The van der Waals surface area contributed by atoms with E-state index in [4.69, 9.17) is 19.9 Å². The van der Waals surface area contributed by atoms with Gasteiger partial charge in [0.15, 0.2) is 12.1 Å². The minimum Gasteiger partial charge on any atom is -0.507 e. The quantitative estimate of drug-likeness (QED) is 0.0614. The number of ketones is 2. The van der Waals surface area contributed by atoms with Crippen LogP contribution in [-0.4, -0.2) is 122 Å². The van der Waals surface area contributed by atoms with Crippen LogP contribution >= 0.6 is 0 Å². The summed E-state index contributed by atoms with van der Waals surface area (Å²) < 4.78 is 17.4. The number of rotatable bonds is 10. The van der Waals surface area contributed by atoms with Crippen LogP contribution < -0.4 is 15.9 Å². The Bertz CT molecular complexity index is 1990. The first kappa shape index (κ1) is 38.7. The topological polar surface area (TPSA) is 268 Å². The fourth-order valence-electron chi connectivity index (χ4n) is 7.73. The molecule has 2 heterocycles. The molecule has 17 nitrogen and oxygen atoms in total. The number of aliphatic hydroxyl groups is 3. The molecular formula is C37H42N4O13. The van der Waals surface area contributed by atoms with E-state index in [-0.39, 0.29) is 66.1 Å². The number of phenols is 2. The third kappa shape index (κ3) is 6.35. The molecule has 0 radical (unpaired) electrons. The maximum Gasteiger partial charge on any atom is 0.253 e. The normalized spacial score (nSPS) is 29.2. The number of carbonyl (C=O) groups excluding carboxylic acids is 5. The second kappa shape index (κ2) is 14.0. The van der Waals surface area contributed by atoms with Crippen molar-refractivity contribution in [2.24, 2.45) is 10.8 Å². The standard InChI is InChI=1S/C37H42N4O13/c1-17-36(3,50)21(38)12-26(54-17)53-16-35(2)15-37(51,22(14-42)39-40-23(43)10-11-41-24(44)8-9-25(41)45)13-19-30(35)34(49)29-28(32(19)47)31(46)18-6-5-7-20(52-4)27(18)33(29)48/h5-9,17,21,26,42,47,49-51H,10-16,38H2,1-4H3,(H,40,43)/b39-22+/t17-,21-,26?,35+,36+,37-/m0/s1. The molecule has 8 N–H and O–H groups in total. The number of hydrogen-bond acceptors (Lipinski definition) is 15. The number of aliphatic hydroxyl groups excluding tert-OH is 1. The maximum absolute atomic E-state index is 14.1. The molecule has 2 aromatic rings. The summed E-state index contributed by atoms with van der Waals surface area (Å²) in [5.41, 5.74) is 1.64. The fourth-order valence-corrected chi connectivity index (χ4v) is 7.73. The van der Waals surface area contributed by atoms with Gasteiger partial charge in [-0.1, -0.05) is 19.1 Å². The van der Waals surface area contributed by atoms with Crippen molar-refractivity contribution in [3.8, 4) is 17.2 Å². The van der Waals surface area contributed by atoms with Crippen LogP contribution in [0.3, 0.4) is 0 Å². The monoisotopic (exact) mass is 750 g/mol. The Balaban J connectivity index is 1.40. The molecule has 17 heteroatoms. The minimum absolute atomic E-state index is 0.0297. The van der Waals surface area contributed by atoms with E-state index < -0.39 is 100.0 Å². The molecule has 2 aliphatic heterocycles.